The standard InChI is InChI=1S/C19H23NO2/c1-3-13-22-16-9-7-15(8-10-16)19-18-14(11-12-20(19)2)5-4-6-17(18)21/h4-10,19,21H,3,11-13H2,1-2H3. The van der Waals surface area contributed by atoms with Gasteiger partial charge in [0.05, 0.1) is 12.6 Å². The van der Waals surface area contributed by atoms with Crippen LogP contribution in [0.5, 0.6) is 11.5 Å². The molecule has 1 heterocycles. The van der Waals surface area contributed by atoms with Crippen LogP contribution in [0.25, 0.3) is 0 Å². The second-order valence-corrected chi connectivity index (χ2v) is 5.90. The van der Waals surface area contributed by atoms with E-state index in [4.69, 9.17) is 4.74 Å². The lowest BCUT2D eigenvalue weighted by Gasteiger charge is -2.35. The van der Waals surface area contributed by atoms with Gasteiger partial charge in [0.1, 0.15) is 11.5 Å². The van der Waals surface area contributed by atoms with E-state index in [0.717, 1.165) is 37.3 Å². The van der Waals surface area contributed by atoms with Crippen LogP contribution < -0.4 is 4.74 Å². The molecule has 0 fully saturated rings. The number of hydrogen-bond donors (Lipinski definition) is 1. The van der Waals surface area contributed by atoms with Crippen molar-refractivity contribution in [3.05, 3.63) is 59.2 Å². The first-order valence-corrected chi connectivity index (χ1v) is 7.94. The molecule has 0 spiro atoms. The maximum atomic E-state index is 10.3. The zero-order valence-corrected chi connectivity index (χ0v) is 13.2. The molecule has 0 saturated heterocycles. The molecule has 0 aromatic heterocycles. The number of phenols is 1. The van der Waals surface area contributed by atoms with Gasteiger partial charge in [-0.15, -0.1) is 0 Å². The van der Waals surface area contributed by atoms with Crippen molar-refractivity contribution in [1.29, 1.82) is 0 Å². The molecule has 3 heteroatoms. The first-order chi connectivity index (χ1) is 10.7. The van der Waals surface area contributed by atoms with Gasteiger partial charge in [-0.2, -0.15) is 0 Å². The molecule has 0 amide bonds. The number of nitrogens with zero attached hydrogens (tertiary/aromatic N) is 1. The number of phenolic OH excluding ortho intramolecular Hbond substituents is 1. The molecular formula is C19H23NO2. The van der Waals surface area contributed by atoms with Gasteiger partial charge >= 0.3 is 0 Å². The fraction of sp³-hybridized carbons (Fsp3) is 0.368. The van der Waals surface area contributed by atoms with E-state index in [1.165, 1.54) is 11.1 Å². The quantitative estimate of drug-likeness (QED) is 0.932. The molecule has 0 radical (unpaired) electrons. The molecule has 1 aliphatic rings. The van der Waals surface area contributed by atoms with E-state index < -0.39 is 0 Å². The molecule has 1 aliphatic heterocycles. The van der Waals surface area contributed by atoms with Crippen LogP contribution in [0, 0.1) is 0 Å². The Balaban J connectivity index is 1.94. The van der Waals surface area contributed by atoms with E-state index in [9.17, 15) is 5.11 Å². The van der Waals surface area contributed by atoms with E-state index in [-0.39, 0.29) is 6.04 Å². The summed E-state index contributed by atoms with van der Waals surface area (Å²) >= 11 is 0. The molecule has 1 unspecified atom stereocenters. The Kier molecular flexibility index (Phi) is 4.34. The van der Waals surface area contributed by atoms with Crippen LogP contribution in [-0.2, 0) is 6.42 Å². The highest BCUT2D eigenvalue weighted by Crippen LogP contribution is 2.39. The first kappa shape index (κ1) is 14.9. The van der Waals surface area contributed by atoms with Gasteiger partial charge in [-0.3, -0.25) is 4.90 Å². The van der Waals surface area contributed by atoms with Gasteiger partial charge in [0.2, 0.25) is 0 Å². The molecule has 2 aromatic rings. The molecule has 1 atom stereocenters. The van der Waals surface area contributed by atoms with E-state index >= 15 is 0 Å². The zero-order valence-electron chi connectivity index (χ0n) is 13.2. The molecule has 0 saturated carbocycles. The Hall–Kier alpha value is -2.00. The van der Waals surface area contributed by atoms with Crippen molar-refractivity contribution in [2.24, 2.45) is 0 Å². The van der Waals surface area contributed by atoms with Crippen molar-refractivity contribution in [2.75, 3.05) is 20.2 Å². The molecule has 3 nitrogen and oxygen atoms in total. The molecule has 1 N–H and O–H groups in total. The summed E-state index contributed by atoms with van der Waals surface area (Å²) in [6, 6.07) is 14.2. The maximum absolute atomic E-state index is 10.3. The highest BCUT2D eigenvalue weighted by Gasteiger charge is 2.28. The Morgan fingerprint density at radius 2 is 1.95 bits per heavy atom. The number of aromatic hydroxyl groups is 1. The summed E-state index contributed by atoms with van der Waals surface area (Å²) in [6.45, 7) is 3.84. The predicted molar refractivity (Wildman–Crippen MR) is 88.5 cm³/mol. The summed E-state index contributed by atoms with van der Waals surface area (Å²) < 4.78 is 5.65. The van der Waals surface area contributed by atoms with Crippen LogP contribution in [0.3, 0.4) is 0 Å². The Morgan fingerprint density at radius 3 is 2.68 bits per heavy atom. The molecule has 3 rings (SSSR count). The second-order valence-electron chi connectivity index (χ2n) is 5.90. The van der Waals surface area contributed by atoms with Gasteiger partial charge in [-0.05, 0) is 49.2 Å². The largest absolute Gasteiger partial charge is 0.508 e. The number of likely N-dealkylation sites (N-methyl/N-ethyl adjacent to an activating group) is 1. The molecule has 116 valence electrons. The van der Waals surface area contributed by atoms with Crippen molar-refractivity contribution >= 4 is 0 Å². The maximum Gasteiger partial charge on any atom is 0.120 e. The van der Waals surface area contributed by atoms with Crippen LogP contribution in [0.15, 0.2) is 42.5 Å². The summed E-state index contributed by atoms with van der Waals surface area (Å²) in [5, 5.41) is 10.3. The lowest BCUT2D eigenvalue weighted by Crippen LogP contribution is -2.32. The third-order valence-corrected chi connectivity index (χ3v) is 4.29. The number of rotatable bonds is 4. The van der Waals surface area contributed by atoms with Crippen molar-refractivity contribution < 1.29 is 9.84 Å². The van der Waals surface area contributed by atoms with E-state index in [0.29, 0.717) is 5.75 Å². The first-order valence-electron chi connectivity index (χ1n) is 7.94. The van der Waals surface area contributed by atoms with E-state index in [2.05, 4.69) is 37.1 Å². The van der Waals surface area contributed by atoms with E-state index in [1.807, 2.05) is 18.2 Å². The summed E-state index contributed by atoms with van der Waals surface area (Å²) in [5.74, 6) is 1.29. The molecular weight excluding hydrogens is 274 g/mol. The minimum Gasteiger partial charge on any atom is -0.508 e. The number of benzene rings is 2. The zero-order chi connectivity index (χ0) is 15.5. The SMILES string of the molecule is CCCOc1ccc(C2c3c(O)cccc3CCN2C)cc1. The van der Waals surface area contributed by atoms with Crippen LogP contribution in [0.1, 0.15) is 36.1 Å². The van der Waals surface area contributed by atoms with Gasteiger partial charge in [0.25, 0.3) is 0 Å². The number of hydrogen-bond acceptors (Lipinski definition) is 3. The van der Waals surface area contributed by atoms with E-state index in [1.54, 1.807) is 6.07 Å². The number of ether oxygens (including phenoxy) is 1. The van der Waals surface area contributed by atoms with Crippen LogP contribution in [0.2, 0.25) is 0 Å². The minimum atomic E-state index is 0.102. The monoisotopic (exact) mass is 297 g/mol. The van der Waals surface area contributed by atoms with Crippen molar-refractivity contribution in [1.82, 2.24) is 4.90 Å². The minimum absolute atomic E-state index is 0.102. The second kappa shape index (κ2) is 6.41. The molecule has 2 aromatic carbocycles. The smallest absolute Gasteiger partial charge is 0.120 e. The highest BCUT2D eigenvalue weighted by molar-refractivity contribution is 5.48. The third-order valence-electron chi connectivity index (χ3n) is 4.29. The summed E-state index contributed by atoms with van der Waals surface area (Å²) in [4.78, 5) is 2.30. The number of fused-ring (bicyclic) bond motifs is 1. The summed E-state index contributed by atoms with van der Waals surface area (Å²) in [6.07, 6.45) is 1.99. The molecule has 0 aliphatic carbocycles. The van der Waals surface area contributed by atoms with Gasteiger partial charge in [0, 0.05) is 12.1 Å². The third kappa shape index (κ3) is 2.81. The molecule has 0 bridgehead atoms. The normalized spacial score (nSPS) is 18.0. The fourth-order valence-electron chi connectivity index (χ4n) is 3.17. The van der Waals surface area contributed by atoms with Gasteiger partial charge < -0.3 is 9.84 Å². The Labute approximate surface area is 132 Å². The summed E-state index contributed by atoms with van der Waals surface area (Å²) in [5.41, 5.74) is 3.47. The van der Waals surface area contributed by atoms with Crippen molar-refractivity contribution in [2.45, 2.75) is 25.8 Å². The van der Waals surface area contributed by atoms with Crippen LogP contribution in [-0.4, -0.2) is 30.2 Å². The summed E-state index contributed by atoms with van der Waals surface area (Å²) in [7, 11) is 2.11. The van der Waals surface area contributed by atoms with Crippen LogP contribution >= 0.6 is 0 Å². The lowest BCUT2D eigenvalue weighted by molar-refractivity contribution is 0.258. The highest BCUT2D eigenvalue weighted by atomic mass is 16.5. The Bertz CT molecular complexity index is 636. The van der Waals surface area contributed by atoms with Gasteiger partial charge in [-0.1, -0.05) is 31.2 Å². The molecule has 22 heavy (non-hydrogen) atoms. The van der Waals surface area contributed by atoms with Crippen LogP contribution in [0.4, 0.5) is 0 Å². The Morgan fingerprint density at radius 1 is 1.18 bits per heavy atom. The van der Waals surface area contributed by atoms with Gasteiger partial charge in [-0.25, -0.2) is 0 Å². The van der Waals surface area contributed by atoms with Crippen molar-refractivity contribution in [3.63, 3.8) is 0 Å². The fourth-order valence-corrected chi connectivity index (χ4v) is 3.17. The topological polar surface area (TPSA) is 32.7 Å². The van der Waals surface area contributed by atoms with Crippen molar-refractivity contribution in [3.8, 4) is 11.5 Å². The average molecular weight is 297 g/mol. The van der Waals surface area contributed by atoms with Gasteiger partial charge in [0.15, 0.2) is 0 Å². The predicted octanol–water partition coefficient (Wildman–Crippen LogP) is 3.76. The lowest BCUT2D eigenvalue weighted by atomic mass is 9.88. The average Bonchev–Trinajstić information content (AvgIpc) is 2.54.